The van der Waals surface area contributed by atoms with Crippen LogP contribution in [0.3, 0.4) is 0 Å². The summed E-state index contributed by atoms with van der Waals surface area (Å²) < 4.78 is 26.0. The lowest BCUT2D eigenvalue weighted by molar-refractivity contribution is -0.139. The Balaban J connectivity index is 2.38. The van der Waals surface area contributed by atoms with Crippen molar-refractivity contribution in [1.29, 1.82) is 0 Å². The Morgan fingerprint density at radius 3 is 2.17 bits per heavy atom. The second-order valence-electron chi connectivity index (χ2n) is 7.41. The lowest BCUT2D eigenvalue weighted by atomic mass is 10.1. The topological polar surface area (TPSA) is 86.8 Å². The van der Waals surface area contributed by atoms with E-state index in [9.17, 15) is 18.0 Å². The fourth-order valence-electron chi connectivity index (χ4n) is 3.20. The van der Waals surface area contributed by atoms with Gasteiger partial charge in [-0.05, 0) is 44.0 Å². The Hall–Kier alpha value is -2.87. The van der Waals surface area contributed by atoms with Crippen LogP contribution < -0.4 is 9.62 Å². The molecule has 0 aromatic heterocycles. The molecule has 162 valence electrons. The van der Waals surface area contributed by atoms with Gasteiger partial charge in [0.25, 0.3) is 0 Å². The van der Waals surface area contributed by atoms with Crippen LogP contribution in [0.4, 0.5) is 5.69 Å². The summed E-state index contributed by atoms with van der Waals surface area (Å²) in [7, 11) is -2.21. The smallest absolute Gasteiger partial charge is 0.244 e. The van der Waals surface area contributed by atoms with E-state index < -0.39 is 28.5 Å². The molecular formula is C22H29N3O4S. The van der Waals surface area contributed by atoms with Crippen LogP contribution in [0.15, 0.2) is 48.5 Å². The molecule has 0 fully saturated rings. The summed E-state index contributed by atoms with van der Waals surface area (Å²) in [6.45, 7) is 5.23. The van der Waals surface area contributed by atoms with Crippen molar-refractivity contribution in [2.45, 2.75) is 33.4 Å². The Morgan fingerprint density at radius 2 is 1.63 bits per heavy atom. The molecule has 2 aromatic rings. The normalized spacial score (nSPS) is 12.2. The highest BCUT2D eigenvalue weighted by Crippen LogP contribution is 2.20. The lowest BCUT2D eigenvalue weighted by Gasteiger charge is -2.31. The standard InChI is InChI=1S/C22H29N3O4S/c1-16-8-6-10-19(12-16)14-24(18(3)22(27)23-4)21(26)15-25(30(5,28)29)20-11-7-9-17(2)13-20/h6-13,18H,14-15H2,1-5H3,(H,23,27)/t18-/m0/s1. The highest BCUT2D eigenvalue weighted by Gasteiger charge is 2.29. The molecule has 0 aliphatic heterocycles. The molecule has 0 radical (unpaired) electrons. The summed E-state index contributed by atoms with van der Waals surface area (Å²) in [6.07, 6.45) is 1.07. The van der Waals surface area contributed by atoms with Gasteiger partial charge in [0, 0.05) is 13.6 Å². The van der Waals surface area contributed by atoms with Crippen molar-refractivity contribution in [2.75, 3.05) is 24.2 Å². The molecule has 0 spiro atoms. The van der Waals surface area contributed by atoms with Gasteiger partial charge in [-0.25, -0.2) is 8.42 Å². The first-order chi connectivity index (χ1) is 14.0. The van der Waals surface area contributed by atoms with Gasteiger partial charge in [-0.3, -0.25) is 13.9 Å². The zero-order valence-corrected chi connectivity index (χ0v) is 18.9. The van der Waals surface area contributed by atoms with Gasteiger partial charge in [0.1, 0.15) is 12.6 Å². The maximum absolute atomic E-state index is 13.2. The second kappa shape index (κ2) is 9.75. The molecule has 2 amide bonds. The first kappa shape index (κ1) is 23.4. The molecular weight excluding hydrogens is 402 g/mol. The number of hydrogen-bond donors (Lipinski definition) is 1. The largest absolute Gasteiger partial charge is 0.357 e. The number of nitrogens with one attached hydrogen (secondary N) is 1. The third kappa shape index (κ3) is 6.06. The quantitative estimate of drug-likeness (QED) is 0.694. The molecule has 30 heavy (non-hydrogen) atoms. The molecule has 0 heterocycles. The van der Waals surface area contributed by atoms with Crippen molar-refractivity contribution < 1.29 is 18.0 Å². The highest BCUT2D eigenvalue weighted by molar-refractivity contribution is 7.92. The van der Waals surface area contributed by atoms with Gasteiger partial charge < -0.3 is 10.2 Å². The first-order valence-corrected chi connectivity index (χ1v) is 11.5. The Morgan fingerprint density at radius 1 is 1.03 bits per heavy atom. The Labute approximate surface area is 178 Å². The summed E-state index contributed by atoms with van der Waals surface area (Å²) in [5.41, 5.74) is 3.18. The molecule has 8 heteroatoms. The van der Waals surface area contributed by atoms with Gasteiger partial charge >= 0.3 is 0 Å². The zero-order chi connectivity index (χ0) is 22.5. The zero-order valence-electron chi connectivity index (χ0n) is 18.0. The van der Waals surface area contributed by atoms with E-state index in [-0.39, 0.29) is 12.5 Å². The maximum Gasteiger partial charge on any atom is 0.244 e. The number of carbonyl (C=O) groups is 2. The summed E-state index contributed by atoms with van der Waals surface area (Å²) in [5, 5.41) is 2.56. The number of anilines is 1. The van der Waals surface area contributed by atoms with Crippen LogP contribution in [0.2, 0.25) is 0 Å². The fraction of sp³-hybridized carbons (Fsp3) is 0.364. The molecule has 7 nitrogen and oxygen atoms in total. The average Bonchev–Trinajstić information content (AvgIpc) is 2.68. The maximum atomic E-state index is 13.2. The van der Waals surface area contributed by atoms with Crippen LogP contribution in [0, 0.1) is 13.8 Å². The van der Waals surface area contributed by atoms with E-state index in [1.807, 2.05) is 44.2 Å². The summed E-state index contributed by atoms with van der Waals surface area (Å²) in [5.74, 6) is -0.781. The van der Waals surface area contributed by atoms with Crippen LogP contribution in [-0.4, -0.2) is 51.0 Å². The van der Waals surface area contributed by atoms with E-state index >= 15 is 0 Å². The van der Waals surface area contributed by atoms with Gasteiger partial charge in [-0.15, -0.1) is 0 Å². The van der Waals surface area contributed by atoms with Crippen molar-refractivity contribution >= 4 is 27.5 Å². The molecule has 0 bridgehead atoms. The second-order valence-corrected chi connectivity index (χ2v) is 9.32. The van der Waals surface area contributed by atoms with E-state index in [1.54, 1.807) is 25.1 Å². The van der Waals surface area contributed by atoms with E-state index in [1.165, 1.54) is 11.9 Å². The van der Waals surface area contributed by atoms with Crippen LogP contribution in [0.25, 0.3) is 0 Å². The fourth-order valence-corrected chi connectivity index (χ4v) is 4.04. The Kier molecular flexibility index (Phi) is 7.61. The van der Waals surface area contributed by atoms with Crippen molar-refractivity contribution in [3.8, 4) is 0 Å². The summed E-state index contributed by atoms with van der Waals surface area (Å²) >= 11 is 0. The number of rotatable bonds is 8. The van der Waals surface area contributed by atoms with Gasteiger partial charge in [0.2, 0.25) is 21.8 Å². The van der Waals surface area contributed by atoms with Crippen LogP contribution in [0.5, 0.6) is 0 Å². The third-order valence-corrected chi connectivity index (χ3v) is 5.96. The van der Waals surface area contributed by atoms with Gasteiger partial charge in [-0.1, -0.05) is 42.0 Å². The molecule has 0 aliphatic carbocycles. The van der Waals surface area contributed by atoms with Crippen LogP contribution in [0.1, 0.15) is 23.6 Å². The predicted octanol–water partition coefficient (Wildman–Crippen LogP) is 2.23. The number of sulfonamides is 1. The number of amides is 2. The minimum Gasteiger partial charge on any atom is -0.357 e. The highest BCUT2D eigenvalue weighted by atomic mass is 32.2. The molecule has 2 rings (SSSR count). The number of hydrogen-bond acceptors (Lipinski definition) is 4. The lowest BCUT2D eigenvalue weighted by Crippen LogP contribution is -2.50. The number of benzene rings is 2. The minimum atomic E-state index is -3.71. The average molecular weight is 432 g/mol. The van der Waals surface area contributed by atoms with E-state index in [0.29, 0.717) is 5.69 Å². The van der Waals surface area contributed by atoms with E-state index in [0.717, 1.165) is 27.3 Å². The van der Waals surface area contributed by atoms with Crippen LogP contribution >= 0.6 is 0 Å². The van der Waals surface area contributed by atoms with Crippen LogP contribution in [-0.2, 0) is 26.2 Å². The number of aryl methyl sites for hydroxylation is 2. The van der Waals surface area contributed by atoms with E-state index in [2.05, 4.69) is 5.32 Å². The predicted molar refractivity (Wildman–Crippen MR) is 119 cm³/mol. The van der Waals surface area contributed by atoms with Crippen molar-refractivity contribution in [2.24, 2.45) is 0 Å². The monoisotopic (exact) mass is 431 g/mol. The molecule has 0 unspecified atom stereocenters. The minimum absolute atomic E-state index is 0.195. The molecule has 2 aromatic carbocycles. The van der Waals surface area contributed by atoms with E-state index in [4.69, 9.17) is 0 Å². The summed E-state index contributed by atoms with van der Waals surface area (Å²) in [4.78, 5) is 26.9. The number of likely N-dealkylation sites (N-methyl/N-ethyl adjacent to an activating group) is 1. The molecule has 0 aliphatic rings. The van der Waals surface area contributed by atoms with Crippen molar-refractivity contribution in [1.82, 2.24) is 10.2 Å². The van der Waals surface area contributed by atoms with Gasteiger partial charge in [-0.2, -0.15) is 0 Å². The van der Waals surface area contributed by atoms with Gasteiger partial charge in [0.15, 0.2) is 0 Å². The van der Waals surface area contributed by atoms with Crippen molar-refractivity contribution in [3.63, 3.8) is 0 Å². The molecule has 1 N–H and O–H groups in total. The first-order valence-electron chi connectivity index (χ1n) is 9.64. The molecule has 0 saturated carbocycles. The molecule has 1 atom stereocenters. The SMILES string of the molecule is CNC(=O)[C@H](C)N(Cc1cccc(C)c1)C(=O)CN(c1cccc(C)c1)S(C)(=O)=O. The number of nitrogens with zero attached hydrogens (tertiary/aromatic N) is 2. The third-order valence-electron chi connectivity index (χ3n) is 4.82. The molecule has 0 saturated heterocycles. The Bertz CT molecular complexity index is 1020. The van der Waals surface area contributed by atoms with Gasteiger partial charge in [0.05, 0.1) is 11.9 Å². The van der Waals surface area contributed by atoms with Crippen molar-refractivity contribution in [3.05, 3.63) is 65.2 Å². The summed E-state index contributed by atoms with van der Waals surface area (Å²) in [6, 6.07) is 13.8. The number of carbonyl (C=O) groups excluding carboxylic acids is 2.